The average molecular weight is 255 g/mol. The number of aryl methyl sites for hydroxylation is 2. The number of aromatic nitrogens is 1. The van der Waals surface area contributed by atoms with E-state index in [2.05, 4.69) is 50.9 Å². The monoisotopic (exact) mass is 255 g/mol. The van der Waals surface area contributed by atoms with Crippen LogP contribution in [-0.4, -0.2) is 4.98 Å². The second-order valence-corrected chi connectivity index (χ2v) is 5.97. The minimum atomic E-state index is 0.122. The Hall–Kier alpha value is -1.83. The standard InChI is InChI=1S/C17H21NO/c1-12-6-8-14(17(3,4)5)10-16(12)19-15-9-7-13(2)18-11-15/h6-11H,1-5H3. The molecule has 0 atom stereocenters. The Morgan fingerprint density at radius 2 is 1.74 bits per heavy atom. The summed E-state index contributed by atoms with van der Waals surface area (Å²) in [6, 6.07) is 10.3. The molecule has 100 valence electrons. The highest BCUT2D eigenvalue weighted by atomic mass is 16.5. The number of pyridine rings is 1. The molecular weight excluding hydrogens is 234 g/mol. The highest BCUT2D eigenvalue weighted by Gasteiger charge is 2.15. The predicted octanol–water partition coefficient (Wildman–Crippen LogP) is 4.79. The van der Waals surface area contributed by atoms with E-state index < -0.39 is 0 Å². The first kappa shape index (κ1) is 13.6. The molecule has 0 radical (unpaired) electrons. The Morgan fingerprint density at radius 3 is 2.32 bits per heavy atom. The number of nitrogens with zero attached hydrogens (tertiary/aromatic N) is 1. The van der Waals surface area contributed by atoms with E-state index in [-0.39, 0.29) is 5.41 Å². The summed E-state index contributed by atoms with van der Waals surface area (Å²) in [4.78, 5) is 4.25. The lowest BCUT2D eigenvalue weighted by atomic mass is 9.86. The van der Waals surface area contributed by atoms with Crippen molar-refractivity contribution in [2.75, 3.05) is 0 Å². The largest absolute Gasteiger partial charge is 0.455 e. The van der Waals surface area contributed by atoms with Crippen LogP contribution < -0.4 is 4.74 Å². The molecule has 0 aliphatic rings. The zero-order valence-corrected chi connectivity index (χ0v) is 12.3. The third-order valence-corrected chi connectivity index (χ3v) is 3.17. The van der Waals surface area contributed by atoms with E-state index in [4.69, 9.17) is 4.74 Å². The molecule has 0 unspecified atom stereocenters. The maximum atomic E-state index is 5.94. The topological polar surface area (TPSA) is 22.1 Å². The van der Waals surface area contributed by atoms with Gasteiger partial charge in [-0.25, -0.2) is 0 Å². The molecule has 0 fully saturated rings. The van der Waals surface area contributed by atoms with Gasteiger partial charge in [-0.15, -0.1) is 0 Å². The van der Waals surface area contributed by atoms with Gasteiger partial charge >= 0.3 is 0 Å². The summed E-state index contributed by atoms with van der Waals surface area (Å²) in [5.41, 5.74) is 3.52. The van der Waals surface area contributed by atoms with E-state index in [1.165, 1.54) is 5.56 Å². The SMILES string of the molecule is Cc1ccc(Oc2cc(C(C)(C)C)ccc2C)cn1. The Bertz CT molecular complexity index is 565. The molecule has 0 saturated heterocycles. The van der Waals surface area contributed by atoms with Crippen LogP contribution in [0.5, 0.6) is 11.5 Å². The minimum Gasteiger partial charge on any atom is -0.455 e. The van der Waals surface area contributed by atoms with Gasteiger partial charge in [0, 0.05) is 5.69 Å². The molecular formula is C17H21NO. The van der Waals surface area contributed by atoms with Crippen molar-refractivity contribution in [1.82, 2.24) is 4.98 Å². The lowest BCUT2D eigenvalue weighted by Crippen LogP contribution is -2.11. The van der Waals surface area contributed by atoms with Crippen LogP contribution in [0.4, 0.5) is 0 Å². The van der Waals surface area contributed by atoms with Gasteiger partial charge in [0.25, 0.3) is 0 Å². The van der Waals surface area contributed by atoms with E-state index in [1.807, 2.05) is 19.1 Å². The normalized spacial score (nSPS) is 11.4. The van der Waals surface area contributed by atoms with Gasteiger partial charge < -0.3 is 4.74 Å². The molecule has 1 heterocycles. The summed E-state index contributed by atoms with van der Waals surface area (Å²) in [6.45, 7) is 10.6. The van der Waals surface area contributed by atoms with Crippen molar-refractivity contribution in [2.24, 2.45) is 0 Å². The minimum absolute atomic E-state index is 0.122. The molecule has 2 heteroatoms. The van der Waals surface area contributed by atoms with Crippen LogP contribution in [0, 0.1) is 13.8 Å². The molecule has 2 rings (SSSR count). The second kappa shape index (κ2) is 5.04. The van der Waals surface area contributed by atoms with Crippen molar-refractivity contribution < 1.29 is 4.74 Å². The molecule has 0 amide bonds. The van der Waals surface area contributed by atoms with E-state index in [9.17, 15) is 0 Å². The van der Waals surface area contributed by atoms with Gasteiger partial charge in [0.1, 0.15) is 11.5 Å². The van der Waals surface area contributed by atoms with Crippen LogP contribution in [0.1, 0.15) is 37.6 Å². The van der Waals surface area contributed by atoms with Gasteiger partial charge in [0.2, 0.25) is 0 Å². The first-order valence-electron chi connectivity index (χ1n) is 6.58. The zero-order chi connectivity index (χ0) is 14.0. The summed E-state index contributed by atoms with van der Waals surface area (Å²) in [5.74, 6) is 1.68. The predicted molar refractivity (Wildman–Crippen MR) is 78.9 cm³/mol. The summed E-state index contributed by atoms with van der Waals surface area (Å²) >= 11 is 0. The number of hydrogen-bond donors (Lipinski definition) is 0. The van der Waals surface area contributed by atoms with Gasteiger partial charge in [0.15, 0.2) is 0 Å². The van der Waals surface area contributed by atoms with E-state index in [1.54, 1.807) is 6.20 Å². The fourth-order valence-corrected chi connectivity index (χ4v) is 1.82. The molecule has 1 aromatic heterocycles. The van der Waals surface area contributed by atoms with E-state index in [0.29, 0.717) is 0 Å². The van der Waals surface area contributed by atoms with Crippen LogP contribution in [0.2, 0.25) is 0 Å². The van der Waals surface area contributed by atoms with Gasteiger partial charge in [-0.1, -0.05) is 32.9 Å². The second-order valence-electron chi connectivity index (χ2n) is 5.97. The highest BCUT2D eigenvalue weighted by molar-refractivity contribution is 5.41. The van der Waals surface area contributed by atoms with Gasteiger partial charge in [-0.2, -0.15) is 0 Å². The van der Waals surface area contributed by atoms with Crippen LogP contribution in [0.3, 0.4) is 0 Å². The molecule has 0 aliphatic heterocycles. The maximum Gasteiger partial charge on any atom is 0.145 e. The quantitative estimate of drug-likeness (QED) is 0.769. The number of rotatable bonds is 2. The first-order valence-corrected chi connectivity index (χ1v) is 6.58. The van der Waals surface area contributed by atoms with Gasteiger partial charge in [-0.05, 0) is 48.6 Å². The van der Waals surface area contributed by atoms with Crippen LogP contribution >= 0.6 is 0 Å². The summed E-state index contributed by atoms with van der Waals surface area (Å²) in [5, 5.41) is 0. The summed E-state index contributed by atoms with van der Waals surface area (Å²) < 4.78 is 5.94. The maximum absolute atomic E-state index is 5.94. The lowest BCUT2D eigenvalue weighted by Gasteiger charge is -2.20. The van der Waals surface area contributed by atoms with Crippen molar-refractivity contribution in [3.8, 4) is 11.5 Å². The van der Waals surface area contributed by atoms with Crippen molar-refractivity contribution in [2.45, 2.75) is 40.0 Å². The van der Waals surface area contributed by atoms with Crippen molar-refractivity contribution in [3.63, 3.8) is 0 Å². The fraction of sp³-hybridized carbons (Fsp3) is 0.353. The number of benzene rings is 1. The Balaban J connectivity index is 2.31. The molecule has 0 saturated carbocycles. The molecule has 2 aromatic rings. The van der Waals surface area contributed by atoms with Crippen molar-refractivity contribution >= 4 is 0 Å². The lowest BCUT2D eigenvalue weighted by molar-refractivity contribution is 0.472. The fourth-order valence-electron chi connectivity index (χ4n) is 1.82. The Kier molecular flexibility index (Phi) is 3.61. The zero-order valence-electron chi connectivity index (χ0n) is 12.3. The van der Waals surface area contributed by atoms with Gasteiger partial charge in [0.05, 0.1) is 6.20 Å². The third-order valence-electron chi connectivity index (χ3n) is 3.17. The van der Waals surface area contributed by atoms with Gasteiger partial charge in [-0.3, -0.25) is 4.98 Å². The molecule has 1 aromatic carbocycles. The Labute approximate surface area is 115 Å². The first-order chi connectivity index (χ1) is 8.86. The molecule has 0 spiro atoms. The molecule has 2 nitrogen and oxygen atoms in total. The average Bonchev–Trinajstić information content (AvgIpc) is 2.33. The molecule has 0 aliphatic carbocycles. The third kappa shape index (κ3) is 3.34. The molecule has 19 heavy (non-hydrogen) atoms. The van der Waals surface area contributed by atoms with Crippen molar-refractivity contribution in [1.29, 1.82) is 0 Å². The van der Waals surface area contributed by atoms with Crippen LogP contribution in [0.15, 0.2) is 36.5 Å². The van der Waals surface area contributed by atoms with E-state index >= 15 is 0 Å². The molecule has 0 bridgehead atoms. The molecule has 0 N–H and O–H groups in total. The van der Waals surface area contributed by atoms with Crippen molar-refractivity contribution in [3.05, 3.63) is 53.3 Å². The van der Waals surface area contributed by atoms with Crippen LogP contribution in [0.25, 0.3) is 0 Å². The summed E-state index contributed by atoms with van der Waals surface area (Å²) in [6.07, 6.45) is 1.76. The van der Waals surface area contributed by atoms with E-state index in [0.717, 1.165) is 22.8 Å². The Morgan fingerprint density at radius 1 is 1.00 bits per heavy atom. The highest BCUT2D eigenvalue weighted by Crippen LogP contribution is 2.30. The van der Waals surface area contributed by atoms with Crippen LogP contribution in [-0.2, 0) is 5.41 Å². The number of ether oxygens (including phenoxy) is 1. The summed E-state index contributed by atoms with van der Waals surface area (Å²) in [7, 11) is 0. The number of hydrogen-bond acceptors (Lipinski definition) is 2. The smallest absolute Gasteiger partial charge is 0.145 e.